The third-order valence-corrected chi connectivity index (χ3v) is 25.7. The Balaban J connectivity index is 0.0000000995. The third kappa shape index (κ3) is 16.9. The van der Waals surface area contributed by atoms with Crippen LogP contribution in [0.25, 0.3) is 183 Å². The average Bonchev–Trinajstić information content (AvgIpc) is 1.61. The van der Waals surface area contributed by atoms with Crippen LogP contribution in [0.5, 0.6) is 0 Å². The fourth-order valence-corrected chi connectivity index (χ4v) is 19.3. The van der Waals surface area contributed by atoms with Gasteiger partial charge >= 0.3 is 14.2 Å². The first-order valence-corrected chi connectivity index (χ1v) is 46.1. The van der Waals surface area contributed by atoms with Crippen LogP contribution >= 0.6 is 31.9 Å². The molecule has 0 saturated carbocycles. The van der Waals surface area contributed by atoms with E-state index in [2.05, 4.69) is 364 Å². The van der Waals surface area contributed by atoms with Crippen LogP contribution in [0.2, 0.25) is 0 Å². The van der Waals surface area contributed by atoms with Crippen LogP contribution in [0.15, 0.2) is 482 Å². The van der Waals surface area contributed by atoms with Gasteiger partial charge in [0.2, 0.25) is 0 Å². The van der Waals surface area contributed by atoms with Crippen molar-refractivity contribution in [1.82, 2.24) is 37.8 Å². The maximum absolute atomic E-state index is 9.43. The van der Waals surface area contributed by atoms with Crippen LogP contribution in [0, 0.1) is 0 Å². The quantitative estimate of drug-likeness (QED) is 0.0998. The van der Waals surface area contributed by atoms with Gasteiger partial charge in [-0.2, -0.15) is 0 Å². The molecule has 640 valence electrons. The third-order valence-electron chi connectivity index (χ3n) is 24.7. The Labute approximate surface area is 791 Å². The Morgan fingerprint density at radius 2 is 0.425 bits per heavy atom. The van der Waals surface area contributed by atoms with Crippen molar-refractivity contribution < 1.29 is 20.1 Å². The topological polar surface area (TPSA) is 144 Å². The number of hydrogen-bond acceptors (Lipinski definition) is 7. The zero-order valence-electron chi connectivity index (χ0n) is 72.5. The van der Waals surface area contributed by atoms with Crippen LogP contribution < -0.4 is 10.9 Å². The molecule has 12 nitrogen and oxygen atoms in total. The van der Waals surface area contributed by atoms with E-state index in [1.807, 2.05) is 152 Å². The van der Waals surface area contributed by atoms with E-state index in [0.717, 1.165) is 104 Å². The zero-order valence-corrected chi connectivity index (χ0v) is 75.7. The monoisotopic (exact) mass is 1860 g/mol. The van der Waals surface area contributed by atoms with Gasteiger partial charge in [0, 0.05) is 108 Å². The predicted molar refractivity (Wildman–Crippen MR) is 563 cm³/mol. The second-order valence-corrected chi connectivity index (χ2v) is 34.7. The number of para-hydroxylation sites is 10. The number of rotatable bonds is 10. The molecular weight excluding hydrogens is 1770 g/mol. The molecule has 0 saturated heterocycles. The number of hydrogen-bond donors (Lipinski definition) is 4. The minimum Gasteiger partial charge on any atom is -0.423 e. The maximum Gasteiger partial charge on any atom is 0.488 e. The molecular formula is C118H84B2Br2N8O4. The van der Waals surface area contributed by atoms with Gasteiger partial charge in [0.05, 0.1) is 55.2 Å². The van der Waals surface area contributed by atoms with Crippen molar-refractivity contribution in [3.05, 3.63) is 493 Å². The van der Waals surface area contributed by atoms with Crippen molar-refractivity contribution >= 4 is 166 Å². The molecule has 26 rings (SSSR count). The lowest BCUT2D eigenvalue weighted by molar-refractivity contribution is 0.424. The molecule has 4 N–H and O–H groups in total. The van der Waals surface area contributed by atoms with Crippen molar-refractivity contribution in [2.75, 3.05) is 0 Å². The minimum absolute atomic E-state index is 0.503. The molecule has 0 bridgehead atoms. The first kappa shape index (κ1) is 84.9. The highest BCUT2D eigenvalue weighted by Gasteiger charge is 2.23. The highest BCUT2D eigenvalue weighted by atomic mass is 79.9. The number of nitrogens with zero attached hydrogens (tertiary/aromatic N) is 8. The lowest BCUT2D eigenvalue weighted by atomic mass is 9.80. The molecule has 134 heavy (non-hydrogen) atoms. The van der Waals surface area contributed by atoms with E-state index in [4.69, 9.17) is 15.0 Å². The van der Waals surface area contributed by atoms with E-state index in [1.165, 1.54) is 88.0 Å². The number of halogens is 2. The van der Waals surface area contributed by atoms with E-state index >= 15 is 0 Å². The van der Waals surface area contributed by atoms with Gasteiger partial charge in [-0.05, 0) is 185 Å². The van der Waals surface area contributed by atoms with Crippen molar-refractivity contribution in [1.29, 1.82) is 0 Å². The van der Waals surface area contributed by atoms with Crippen LogP contribution in [0.4, 0.5) is 0 Å². The highest BCUT2D eigenvalue weighted by Crippen LogP contribution is 2.41. The van der Waals surface area contributed by atoms with Crippen molar-refractivity contribution in [3.8, 4) is 73.7 Å². The normalized spacial score (nSPS) is 11.3. The van der Waals surface area contributed by atoms with Crippen molar-refractivity contribution in [2.24, 2.45) is 0 Å². The van der Waals surface area contributed by atoms with Gasteiger partial charge in [0.15, 0.2) is 17.5 Å². The summed E-state index contributed by atoms with van der Waals surface area (Å²) in [5.74, 6) is 1.95. The van der Waals surface area contributed by atoms with Gasteiger partial charge in [0.25, 0.3) is 0 Å². The van der Waals surface area contributed by atoms with E-state index in [9.17, 15) is 20.1 Å². The average molecular weight is 1860 g/mol. The van der Waals surface area contributed by atoms with Crippen molar-refractivity contribution in [2.45, 2.75) is 6.42 Å². The van der Waals surface area contributed by atoms with E-state index < -0.39 is 14.2 Å². The first-order valence-electron chi connectivity index (χ1n) is 44.5. The molecule has 16 heteroatoms. The Morgan fingerprint density at radius 1 is 0.194 bits per heavy atom. The predicted octanol–water partition coefficient (Wildman–Crippen LogP) is 27.2. The standard InChI is InChI=1S/C33H21BrN4.2C18H14BNO2.C18H12BrN.C18H13N.C13H10/c34-25-18-19-30-28(21-25)27-16-7-8-17-29(27)38(30)26-15-9-14-24(20-26)33-36-31(22-10-3-1-4-11-22)35-32(37-33)23-12-5-2-6-13-23;2*21-19(22)13-10-11-18-16(12-13)15-8-4-5-9-17(15)20(18)14-6-2-1-3-7-14;19-13-10-11-18-16(12-13)15-8-4-5-9-17(15)20(18)14-6-2-1-3-7-14;1-2-8-14(9-3-1)19-17-12-6-4-10-15(17)16-11-5-7-13-18(16)19;1-3-7-12-10(5-1)9-11-6-2-4-8-13(11)12/h1-21H;2*1-12,21-22H;1-12H;1-13H;1-8H,9H2. The summed E-state index contributed by atoms with van der Waals surface area (Å²) >= 11 is 7.22. The molecule has 0 fully saturated rings. The Bertz CT molecular complexity index is 8270. The molecule has 0 aliphatic heterocycles. The molecule has 1 aliphatic carbocycles. The van der Waals surface area contributed by atoms with E-state index in [1.54, 1.807) is 12.1 Å². The Hall–Kier alpha value is -15.9. The molecule has 6 heterocycles. The molecule has 0 atom stereocenters. The molecule has 0 radical (unpaired) electrons. The fraction of sp³-hybridized carbons (Fsp3) is 0.00847. The second kappa shape index (κ2) is 37.9. The maximum atomic E-state index is 9.43. The van der Waals surface area contributed by atoms with Crippen LogP contribution in [0.3, 0.4) is 0 Å². The molecule has 25 aromatic rings. The van der Waals surface area contributed by atoms with Gasteiger partial charge in [-0.25, -0.2) is 15.0 Å². The number of fused-ring (bicyclic) bond motifs is 18. The number of benzene rings is 19. The Kier molecular flexibility index (Phi) is 24.0. The lowest BCUT2D eigenvalue weighted by Gasteiger charge is -2.11. The summed E-state index contributed by atoms with van der Waals surface area (Å²) in [6, 6.07) is 162. The van der Waals surface area contributed by atoms with Crippen LogP contribution in [-0.2, 0) is 6.42 Å². The molecule has 6 aromatic heterocycles. The lowest BCUT2D eigenvalue weighted by Crippen LogP contribution is -2.29. The summed E-state index contributed by atoms with van der Waals surface area (Å²) in [6.45, 7) is 0. The minimum atomic E-state index is -1.46. The van der Waals surface area contributed by atoms with Crippen molar-refractivity contribution in [3.63, 3.8) is 0 Å². The van der Waals surface area contributed by atoms with E-state index in [0.29, 0.717) is 28.4 Å². The summed E-state index contributed by atoms with van der Waals surface area (Å²) in [5, 5.41) is 49.5. The smallest absolute Gasteiger partial charge is 0.423 e. The largest absolute Gasteiger partial charge is 0.488 e. The van der Waals surface area contributed by atoms with Gasteiger partial charge < -0.3 is 42.9 Å². The van der Waals surface area contributed by atoms with Crippen LogP contribution in [0.1, 0.15) is 11.1 Å². The summed E-state index contributed by atoms with van der Waals surface area (Å²) in [7, 11) is -2.91. The SMILES string of the molecule is Brc1ccc2c(c1)c1ccccc1n2-c1cccc(-c2nc(-c3ccccc3)nc(-c3ccccc3)n2)c1.Brc1ccc2c(c1)c1ccccc1n2-c1ccccc1.OB(O)c1ccc2c(c1)c1ccccc1n2-c1ccccc1.OB(O)c1ccc2c(c1)c1ccccc1n2-c1ccccc1.c1ccc(-n2c3ccccc3c3ccccc32)cc1.c1ccc2c(c1)Cc1ccccc1-2. The summed E-state index contributed by atoms with van der Waals surface area (Å²) < 4.78 is 13.5. The number of aromatic nitrogens is 8. The summed E-state index contributed by atoms with van der Waals surface area (Å²) in [6.07, 6.45) is 1.10. The fourth-order valence-electron chi connectivity index (χ4n) is 18.6. The summed E-state index contributed by atoms with van der Waals surface area (Å²) in [4.78, 5) is 14.7. The summed E-state index contributed by atoms with van der Waals surface area (Å²) in [5.41, 5.74) is 26.9. The van der Waals surface area contributed by atoms with Crippen LogP contribution in [-0.4, -0.2) is 72.1 Å². The molecule has 0 amide bonds. The first-order chi connectivity index (χ1) is 66.0. The molecule has 0 unspecified atom stereocenters. The zero-order chi connectivity index (χ0) is 90.5. The molecule has 19 aromatic carbocycles. The highest BCUT2D eigenvalue weighted by molar-refractivity contribution is 9.10. The Morgan fingerprint density at radius 3 is 0.746 bits per heavy atom. The van der Waals surface area contributed by atoms with Gasteiger partial charge in [-0.15, -0.1) is 0 Å². The van der Waals surface area contributed by atoms with Gasteiger partial charge in [-0.3, -0.25) is 0 Å². The molecule has 1 aliphatic rings. The second-order valence-electron chi connectivity index (χ2n) is 32.8. The molecule has 0 spiro atoms. The van der Waals surface area contributed by atoms with Gasteiger partial charge in [0.1, 0.15) is 0 Å². The van der Waals surface area contributed by atoms with Gasteiger partial charge in [-0.1, -0.05) is 359 Å². The van der Waals surface area contributed by atoms with E-state index in [-0.39, 0.29) is 0 Å².